The fraction of sp³-hybridized carbons (Fsp3) is 0.400. The molecule has 4 rings (SSSR count). The minimum Gasteiger partial charge on any atom is -0.496 e. The molecular formula is C20H23N3O2. The molecule has 1 aromatic heterocycles. The summed E-state index contributed by atoms with van der Waals surface area (Å²) in [5, 5.41) is 0. The van der Waals surface area contributed by atoms with Crippen molar-refractivity contribution in [2.45, 2.75) is 19.3 Å². The van der Waals surface area contributed by atoms with Gasteiger partial charge in [-0.1, -0.05) is 0 Å². The largest absolute Gasteiger partial charge is 0.496 e. The van der Waals surface area contributed by atoms with Crippen molar-refractivity contribution < 1.29 is 9.53 Å². The number of pyridine rings is 1. The number of carbonyl (C=O) groups excluding carboxylic acids is 1. The van der Waals surface area contributed by atoms with E-state index in [1.54, 1.807) is 13.3 Å². The molecular weight excluding hydrogens is 314 g/mol. The lowest BCUT2D eigenvalue weighted by Gasteiger charge is -2.36. The zero-order valence-corrected chi connectivity index (χ0v) is 14.6. The van der Waals surface area contributed by atoms with Gasteiger partial charge in [0.1, 0.15) is 5.75 Å². The topological polar surface area (TPSA) is 45.7 Å². The summed E-state index contributed by atoms with van der Waals surface area (Å²) in [5.41, 5.74) is 4.45. The molecule has 1 saturated heterocycles. The zero-order valence-electron chi connectivity index (χ0n) is 14.6. The van der Waals surface area contributed by atoms with Crippen molar-refractivity contribution in [3.05, 3.63) is 53.3 Å². The van der Waals surface area contributed by atoms with Crippen LogP contribution < -0.4 is 9.64 Å². The fourth-order valence-corrected chi connectivity index (χ4v) is 3.82. The zero-order chi connectivity index (χ0) is 17.2. The van der Waals surface area contributed by atoms with Gasteiger partial charge >= 0.3 is 0 Å². The summed E-state index contributed by atoms with van der Waals surface area (Å²) >= 11 is 0. The number of methoxy groups -OCH3 is 1. The first-order chi connectivity index (χ1) is 12.3. The molecule has 130 valence electrons. The van der Waals surface area contributed by atoms with Gasteiger partial charge in [-0.25, -0.2) is 0 Å². The second kappa shape index (κ2) is 6.75. The van der Waals surface area contributed by atoms with E-state index in [1.807, 2.05) is 17.2 Å². The van der Waals surface area contributed by atoms with Gasteiger partial charge in [-0.2, -0.15) is 0 Å². The van der Waals surface area contributed by atoms with E-state index in [9.17, 15) is 4.79 Å². The van der Waals surface area contributed by atoms with Crippen LogP contribution in [-0.2, 0) is 12.8 Å². The highest BCUT2D eigenvalue weighted by molar-refractivity contribution is 5.97. The van der Waals surface area contributed by atoms with E-state index in [4.69, 9.17) is 4.74 Å². The van der Waals surface area contributed by atoms with E-state index in [0.717, 1.165) is 31.6 Å². The molecule has 0 bridgehead atoms. The maximum Gasteiger partial charge on any atom is 0.257 e. The first kappa shape index (κ1) is 15.9. The fourth-order valence-electron chi connectivity index (χ4n) is 3.82. The molecule has 0 atom stereocenters. The summed E-state index contributed by atoms with van der Waals surface area (Å²) in [4.78, 5) is 21.4. The molecule has 0 N–H and O–H groups in total. The first-order valence-electron chi connectivity index (χ1n) is 8.90. The Morgan fingerprint density at radius 3 is 2.56 bits per heavy atom. The third-order valence-electron chi connectivity index (χ3n) is 5.22. The maximum atomic E-state index is 13.0. The molecule has 1 aromatic carbocycles. The Hall–Kier alpha value is -2.56. The molecule has 0 saturated carbocycles. The Kier molecular flexibility index (Phi) is 4.30. The summed E-state index contributed by atoms with van der Waals surface area (Å²) in [6.07, 6.45) is 6.97. The van der Waals surface area contributed by atoms with Gasteiger partial charge in [0.15, 0.2) is 0 Å². The van der Waals surface area contributed by atoms with E-state index in [1.165, 1.54) is 17.5 Å². The van der Waals surface area contributed by atoms with Gasteiger partial charge in [0.2, 0.25) is 0 Å². The molecule has 25 heavy (non-hydrogen) atoms. The molecule has 1 aliphatic carbocycles. The highest BCUT2D eigenvalue weighted by Gasteiger charge is 2.26. The SMILES string of the molecule is COc1cc2c(cc1C(=O)N1CCN(c3cccnc3)CC1)CCC2. The summed E-state index contributed by atoms with van der Waals surface area (Å²) in [6, 6.07) is 8.12. The van der Waals surface area contributed by atoms with Crippen molar-refractivity contribution in [2.24, 2.45) is 0 Å². The van der Waals surface area contributed by atoms with Crippen molar-refractivity contribution in [2.75, 3.05) is 38.2 Å². The lowest BCUT2D eigenvalue weighted by atomic mass is 10.0. The molecule has 2 heterocycles. The van der Waals surface area contributed by atoms with Gasteiger partial charge in [0, 0.05) is 32.4 Å². The van der Waals surface area contributed by atoms with Crippen LogP contribution in [0.15, 0.2) is 36.7 Å². The number of nitrogens with zero attached hydrogens (tertiary/aromatic N) is 3. The second-order valence-electron chi connectivity index (χ2n) is 6.67. The van der Waals surface area contributed by atoms with Crippen LogP contribution in [0.1, 0.15) is 27.9 Å². The predicted octanol–water partition coefficient (Wildman–Crippen LogP) is 2.54. The van der Waals surface area contributed by atoms with E-state index in [-0.39, 0.29) is 5.91 Å². The summed E-state index contributed by atoms with van der Waals surface area (Å²) in [7, 11) is 1.65. The van der Waals surface area contributed by atoms with Gasteiger partial charge in [-0.15, -0.1) is 0 Å². The number of aromatic nitrogens is 1. The Morgan fingerprint density at radius 1 is 1.12 bits per heavy atom. The van der Waals surface area contributed by atoms with Crippen LogP contribution in [-0.4, -0.2) is 49.1 Å². The molecule has 0 spiro atoms. The summed E-state index contributed by atoms with van der Waals surface area (Å²) < 4.78 is 5.51. The summed E-state index contributed by atoms with van der Waals surface area (Å²) in [5.74, 6) is 0.790. The first-order valence-corrected chi connectivity index (χ1v) is 8.90. The van der Waals surface area contributed by atoms with Crippen LogP contribution in [0, 0.1) is 0 Å². The average Bonchev–Trinajstić information content (AvgIpc) is 3.14. The normalized spacial score (nSPS) is 16.7. The highest BCUT2D eigenvalue weighted by atomic mass is 16.5. The van der Waals surface area contributed by atoms with Crippen LogP contribution in [0.4, 0.5) is 5.69 Å². The molecule has 2 aromatic rings. The maximum absolute atomic E-state index is 13.0. The molecule has 1 amide bonds. The summed E-state index contributed by atoms with van der Waals surface area (Å²) in [6.45, 7) is 3.08. The van der Waals surface area contributed by atoms with Crippen LogP contribution >= 0.6 is 0 Å². The Balaban J connectivity index is 1.49. The van der Waals surface area contributed by atoms with Crippen LogP contribution in [0.5, 0.6) is 5.75 Å². The minimum atomic E-state index is 0.0809. The van der Waals surface area contributed by atoms with Crippen molar-refractivity contribution in [1.82, 2.24) is 9.88 Å². The number of amides is 1. The molecule has 5 heteroatoms. The molecule has 0 radical (unpaired) electrons. The van der Waals surface area contributed by atoms with Crippen molar-refractivity contribution in [3.63, 3.8) is 0 Å². The van der Waals surface area contributed by atoms with E-state index >= 15 is 0 Å². The van der Waals surface area contributed by atoms with Crippen LogP contribution in [0.2, 0.25) is 0 Å². The Morgan fingerprint density at radius 2 is 1.88 bits per heavy atom. The van der Waals surface area contributed by atoms with Gasteiger partial charge in [0.25, 0.3) is 5.91 Å². The van der Waals surface area contributed by atoms with Crippen molar-refractivity contribution >= 4 is 11.6 Å². The van der Waals surface area contributed by atoms with Gasteiger partial charge in [-0.3, -0.25) is 9.78 Å². The third-order valence-corrected chi connectivity index (χ3v) is 5.22. The lowest BCUT2D eigenvalue weighted by molar-refractivity contribution is 0.0743. The monoisotopic (exact) mass is 337 g/mol. The van der Waals surface area contributed by atoms with E-state index < -0.39 is 0 Å². The third kappa shape index (κ3) is 3.06. The number of anilines is 1. The number of benzene rings is 1. The van der Waals surface area contributed by atoms with Gasteiger partial charge in [0.05, 0.1) is 24.6 Å². The lowest BCUT2D eigenvalue weighted by Crippen LogP contribution is -2.48. The number of fused-ring (bicyclic) bond motifs is 1. The average molecular weight is 337 g/mol. The van der Waals surface area contributed by atoms with Gasteiger partial charge < -0.3 is 14.5 Å². The number of aryl methyl sites for hydroxylation is 2. The predicted molar refractivity (Wildman–Crippen MR) is 97.4 cm³/mol. The molecule has 1 fully saturated rings. The van der Waals surface area contributed by atoms with Crippen molar-refractivity contribution in [1.29, 1.82) is 0 Å². The number of hydrogen-bond donors (Lipinski definition) is 0. The smallest absolute Gasteiger partial charge is 0.257 e. The van der Waals surface area contributed by atoms with Crippen LogP contribution in [0.25, 0.3) is 0 Å². The quantitative estimate of drug-likeness (QED) is 0.863. The molecule has 1 aliphatic heterocycles. The number of piperazine rings is 1. The minimum absolute atomic E-state index is 0.0809. The van der Waals surface area contributed by atoms with Crippen molar-refractivity contribution in [3.8, 4) is 5.75 Å². The number of hydrogen-bond acceptors (Lipinski definition) is 4. The van der Waals surface area contributed by atoms with Crippen LogP contribution in [0.3, 0.4) is 0 Å². The van der Waals surface area contributed by atoms with E-state index in [2.05, 4.69) is 28.1 Å². The second-order valence-corrected chi connectivity index (χ2v) is 6.67. The van der Waals surface area contributed by atoms with Gasteiger partial charge in [-0.05, 0) is 54.7 Å². The molecule has 2 aliphatic rings. The molecule has 0 unspecified atom stereocenters. The Bertz CT molecular complexity index is 768. The number of ether oxygens (including phenoxy) is 1. The Labute approximate surface area is 148 Å². The highest BCUT2D eigenvalue weighted by Crippen LogP contribution is 2.31. The molecule has 5 nitrogen and oxygen atoms in total. The number of rotatable bonds is 3. The number of carbonyl (C=O) groups is 1. The van der Waals surface area contributed by atoms with E-state index in [0.29, 0.717) is 24.4 Å². The standard InChI is InChI=1S/C20H23N3O2/c1-25-19-13-16-5-2-4-15(16)12-18(19)20(24)23-10-8-22(9-11-23)17-6-3-7-21-14-17/h3,6-7,12-14H,2,4-5,8-11H2,1H3.